The minimum absolute atomic E-state index is 0.0873. The van der Waals surface area contributed by atoms with Crippen molar-refractivity contribution in [3.8, 4) is 0 Å². The van der Waals surface area contributed by atoms with E-state index in [0.29, 0.717) is 23.7 Å². The summed E-state index contributed by atoms with van der Waals surface area (Å²) in [6.07, 6.45) is 11.6. The first-order valence-electron chi connectivity index (χ1n) is 9.95. The van der Waals surface area contributed by atoms with Crippen molar-refractivity contribution in [2.75, 3.05) is 0 Å². The molecule has 4 aliphatic carbocycles. The number of aliphatic hydroxyl groups is 2. The van der Waals surface area contributed by atoms with E-state index in [-0.39, 0.29) is 23.0 Å². The molecule has 3 nitrogen and oxygen atoms in total. The van der Waals surface area contributed by atoms with Gasteiger partial charge >= 0.3 is 0 Å². The fourth-order valence-corrected chi connectivity index (χ4v) is 7.39. The zero-order valence-electron chi connectivity index (χ0n) is 15.2. The van der Waals surface area contributed by atoms with Crippen LogP contribution in [0.4, 0.5) is 0 Å². The van der Waals surface area contributed by atoms with Crippen LogP contribution in [0.5, 0.6) is 0 Å². The van der Waals surface area contributed by atoms with Crippen molar-refractivity contribution in [1.29, 1.82) is 5.41 Å². The molecular weight excluding hydrogens is 298 g/mol. The maximum absolute atomic E-state index is 11.0. The molecule has 4 saturated carbocycles. The number of hydrogen-bond donors (Lipinski definition) is 3. The Bertz CT molecular complexity index is 558. The Labute approximate surface area is 146 Å². The highest BCUT2D eigenvalue weighted by Crippen LogP contribution is 2.66. The Morgan fingerprint density at radius 2 is 1.75 bits per heavy atom. The number of hydrogen-bond acceptors (Lipinski definition) is 3. The van der Waals surface area contributed by atoms with E-state index in [2.05, 4.69) is 13.8 Å². The zero-order chi connectivity index (χ0) is 17.1. The second-order valence-corrected chi connectivity index (χ2v) is 9.63. The molecule has 3 N–H and O–H groups in total. The van der Waals surface area contributed by atoms with Crippen molar-refractivity contribution in [3.05, 3.63) is 11.6 Å². The molecule has 0 amide bonds. The first-order valence-corrected chi connectivity index (χ1v) is 9.95. The molecule has 3 heteroatoms. The number of rotatable bonds is 1. The first kappa shape index (κ1) is 16.8. The van der Waals surface area contributed by atoms with E-state index >= 15 is 0 Å². The molecule has 0 bridgehead atoms. The second kappa shape index (κ2) is 5.67. The second-order valence-electron chi connectivity index (χ2n) is 9.63. The van der Waals surface area contributed by atoms with Crippen molar-refractivity contribution in [2.45, 2.75) is 77.4 Å². The monoisotopic (exact) mass is 331 g/mol. The summed E-state index contributed by atoms with van der Waals surface area (Å²) in [5.41, 5.74) is 1.67. The highest BCUT2D eigenvalue weighted by atomic mass is 16.3. The largest absolute Gasteiger partial charge is 0.393 e. The molecule has 134 valence electrons. The van der Waals surface area contributed by atoms with Crippen molar-refractivity contribution < 1.29 is 10.2 Å². The maximum atomic E-state index is 11.0. The van der Waals surface area contributed by atoms with E-state index in [1.807, 2.05) is 6.08 Å². The molecule has 0 aliphatic heterocycles. The van der Waals surface area contributed by atoms with Crippen molar-refractivity contribution in [3.63, 3.8) is 0 Å². The summed E-state index contributed by atoms with van der Waals surface area (Å²) in [4.78, 5) is 0. The van der Waals surface area contributed by atoms with Crippen LogP contribution < -0.4 is 0 Å². The minimum Gasteiger partial charge on any atom is -0.393 e. The lowest BCUT2D eigenvalue weighted by atomic mass is 9.44. The molecule has 3 unspecified atom stereocenters. The van der Waals surface area contributed by atoms with E-state index in [1.165, 1.54) is 18.2 Å². The van der Waals surface area contributed by atoms with E-state index < -0.39 is 0 Å². The summed E-state index contributed by atoms with van der Waals surface area (Å²) in [5, 5.41) is 28.9. The van der Waals surface area contributed by atoms with Gasteiger partial charge in [0.2, 0.25) is 0 Å². The molecule has 0 heterocycles. The van der Waals surface area contributed by atoms with Gasteiger partial charge in [0.05, 0.1) is 12.2 Å². The van der Waals surface area contributed by atoms with Crippen LogP contribution in [0.2, 0.25) is 0 Å². The predicted molar refractivity (Wildman–Crippen MR) is 96.0 cm³/mol. The lowest BCUT2D eigenvalue weighted by Gasteiger charge is -2.61. The van der Waals surface area contributed by atoms with Crippen molar-refractivity contribution >= 4 is 6.21 Å². The third kappa shape index (κ3) is 2.20. The Balaban J connectivity index is 1.64. The van der Waals surface area contributed by atoms with E-state index in [9.17, 15) is 10.2 Å². The van der Waals surface area contributed by atoms with Crippen LogP contribution in [0.3, 0.4) is 0 Å². The smallest absolute Gasteiger partial charge is 0.0596 e. The number of aliphatic hydroxyl groups excluding tert-OH is 2. The van der Waals surface area contributed by atoms with Gasteiger partial charge in [0.15, 0.2) is 0 Å². The van der Waals surface area contributed by atoms with Crippen LogP contribution >= 0.6 is 0 Å². The van der Waals surface area contributed by atoms with Gasteiger partial charge in [-0.25, -0.2) is 0 Å². The van der Waals surface area contributed by atoms with Crippen LogP contribution in [0.15, 0.2) is 11.6 Å². The van der Waals surface area contributed by atoms with E-state index in [1.54, 1.807) is 0 Å². The summed E-state index contributed by atoms with van der Waals surface area (Å²) in [7, 11) is 0. The van der Waals surface area contributed by atoms with Crippen LogP contribution in [-0.2, 0) is 0 Å². The van der Waals surface area contributed by atoms with E-state index in [4.69, 9.17) is 5.41 Å². The molecule has 0 aromatic carbocycles. The SMILES string of the molecule is C[C@]12CCC3C(C[C@H](O)[C@H]4CC(=CC=N)CC[C@]34C)C1CC[C@@H]2O. The molecule has 0 saturated heterocycles. The van der Waals surface area contributed by atoms with Gasteiger partial charge in [-0.05, 0) is 91.9 Å². The Hall–Kier alpha value is -0.670. The summed E-state index contributed by atoms with van der Waals surface area (Å²) in [5.74, 6) is 2.24. The van der Waals surface area contributed by atoms with Crippen LogP contribution in [-0.4, -0.2) is 28.6 Å². The Morgan fingerprint density at radius 1 is 1.00 bits per heavy atom. The average Bonchev–Trinajstić information content (AvgIpc) is 2.85. The molecule has 4 rings (SSSR count). The third-order valence-electron chi connectivity index (χ3n) is 8.85. The Morgan fingerprint density at radius 3 is 2.50 bits per heavy atom. The summed E-state index contributed by atoms with van der Waals surface area (Å²) >= 11 is 0. The Kier molecular flexibility index (Phi) is 3.96. The molecule has 0 aromatic rings. The number of fused-ring (bicyclic) bond motifs is 5. The highest BCUT2D eigenvalue weighted by molar-refractivity contribution is 5.69. The topological polar surface area (TPSA) is 64.3 Å². The first-order chi connectivity index (χ1) is 11.4. The van der Waals surface area contributed by atoms with Gasteiger partial charge in [0, 0.05) is 6.21 Å². The van der Waals surface area contributed by atoms with Gasteiger partial charge in [-0.3, -0.25) is 0 Å². The molecule has 24 heavy (non-hydrogen) atoms. The van der Waals surface area contributed by atoms with E-state index in [0.717, 1.165) is 44.9 Å². The van der Waals surface area contributed by atoms with Gasteiger partial charge in [0.1, 0.15) is 0 Å². The van der Waals surface area contributed by atoms with Gasteiger partial charge in [0.25, 0.3) is 0 Å². The summed E-state index contributed by atoms with van der Waals surface area (Å²) in [6, 6.07) is 0. The minimum atomic E-state index is -0.217. The molecule has 4 aliphatic rings. The lowest BCUT2D eigenvalue weighted by Crippen LogP contribution is -2.57. The molecule has 0 aromatic heterocycles. The quantitative estimate of drug-likeness (QED) is 0.637. The van der Waals surface area contributed by atoms with Crippen LogP contribution in [0, 0.1) is 39.9 Å². The van der Waals surface area contributed by atoms with Gasteiger partial charge in [-0.15, -0.1) is 0 Å². The lowest BCUT2D eigenvalue weighted by molar-refractivity contribution is -0.156. The molecular formula is C21H33NO2. The average molecular weight is 332 g/mol. The van der Waals surface area contributed by atoms with Crippen LogP contribution in [0.25, 0.3) is 0 Å². The number of nitrogens with one attached hydrogen (secondary N) is 1. The highest BCUT2D eigenvalue weighted by Gasteiger charge is 2.61. The zero-order valence-corrected chi connectivity index (χ0v) is 15.2. The predicted octanol–water partition coefficient (Wildman–Crippen LogP) is 3.94. The third-order valence-corrected chi connectivity index (χ3v) is 8.85. The van der Waals surface area contributed by atoms with Gasteiger partial charge in [-0.1, -0.05) is 19.4 Å². The van der Waals surface area contributed by atoms with Crippen molar-refractivity contribution in [1.82, 2.24) is 0 Å². The fourth-order valence-electron chi connectivity index (χ4n) is 7.39. The normalized spacial score (nSPS) is 55.6. The number of allylic oxidation sites excluding steroid dienone is 2. The summed E-state index contributed by atoms with van der Waals surface area (Å²) in [6.45, 7) is 4.74. The summed E-state index contributed by atoms with van der Waals surface area (Å²) < 4.78 is 0. The maximum Gasteiger partial charge on any atom is 0.0596 e. The molecule has 8 atom stereocenters. The fraction of sp³-hybridized carbons (Fsp3) is 0.857. The van der Waals surface area contributed by atoms with Gasteiger partial charge < -0.3 is 15.6 Å². The standard InChI is InChI=1S/C21H33NO2/c1-20-8-5-13(7-10-22)11-17(20)18(23)12-14-15-3-4-19(24)21(15,2)9-6-16(14)20/h7,10,14-19,22-24H,3-6,8-9,11-12H2,1-2H3/t14?,15?,16?,17-,18+,19+,20-,21+/m1/s1. The van der Waals surface area contributed by atoms with Crippen LogP contribution in [0.1, 0.15) is 65.2 Å². The molecule has 4 fully saturated rings. The van der Waals surface area contributed by atoms with Crippen molar-refractivity contribution in [2.24, 2.45) is 34.5 Å². The molecule has 0 radical (unpaired) electrons. The van der Waals surface area contributed by atoms with Gasteiger partial charge in [-0.2, -0.15) is 0 Å². The molecule has 0 spiro atoms.